The summed E-state index contributed by atoms with van der Waals surface area (Å²) in [4.78, 5) is 1.59. The highest BCUT2D eigenvalue weighted by molar-refractivity contribution is 7.94. The molecular formula is C12H13F2NO2S2. The van der Waals surface area contributed by atoms with E-state index in [4.69, 9.17) is 6.42 Å². The van der Waals surface area contributed by atoms with E-state index in [1.807, 2.05) is 0 Å². The zero-order valence-corrected chi connectivity index (χ0v) is 11.7. The lowest BCUT2D eigenvalue weighted by Crippen LogP contribution is -2.30. The number of anilines is 1. The molecular weight excluding hydrogens is 292 g/mol. The Bertz CT molecular complexity index is 555. The van der Waals surface area contributed by atoms with Gasteiger partial charge in [0, 0.05) is 42.2 Å². The molecule has 1 rings (SSSR count). The summed E-state index contributed by atoms with van der Waals surface area (Å²) in [5.74, 6) is 1.98. The largest absolute Gasteiger partial charge is 0.369 e. The molecule has 0 radical (unpaired) electrons. The van der Waals surface area contributed by atoms with Crippen molar-refractivity contribution in [1.82, 2.24) is 0 Å². The van der Waals surface area contributed by atoms with Gasteiger partial charge >= 0.3 is 10.2 Å². The van der Waals surface area contributed by atoms with Gasteiger partial charge in [-0.2, -0.15) is 12.3 Å². The van der Waals surface area contributed by atoms with Crippen LogP contribution >= 0.6 is 12.1 Å². The summed E-state index contributed by atoms with van der Waals surface area (Å²) in [6.07, 6.45) is 5.27. The van der Waals surface area contributed by atoms with Crippen molar-refractivity contribution in [2.75, 3.05) is 29.5 Å². The Labute approximate surface area is 116 Å². The van der Waals surface area contributed by atoms with Crippen molar-refractivity contribution in [1.29, 1.82) is 0 Å². The fourth-order valence-corrected chi connectivity index (χ4v) is 2.25. The molecule has 7 heteroatoms. The average molecular weight is 305 g/mol. The normalized spacial score (nSPS) is 11.0. The highest BCUT2D eigenvalue weighted by Gasteiger charge is 2.13. The molecule has 0 amide bonds. The molecule has 0 aliphatic rings. The molecule has 0 N–H and O–H groups in total. The predicted octanol–water partition coefficient (Wildman–Crippen LogP) is 2.39. The van der Waals surface area contributed by atoms with E-state index in [1.54, 1.807) is 29.2 Å². The van der Waals surface area contributed by atoms with Gasteiger partial charge in [-0.25, -0.2) is 0 Å². The van der Waals surface area contributed by atoms with Crippen molar-refractivity contribution in [3.8, 4) is 12.3 Å². The highest BCUT2D eigenvalue weighted by atomic mass is 32.3. The molecule has 0 heterocycles. The first-order valence-electron chi connectivity index (χ1n) is 5.44. The van der Waals surface area contributed by atoms with Gasteiger partial charge < -0.3 is 4.90 Å². The lowest BCUT2D eigenvalue weighted by Gasteiger charge is -2.23. The molecule has 0 spiro atoms. The van der Waals surface area contributed by atoms with Gasteiger partial charge in [-0.1, -0.05) is 12.0 Å². The Morgan fingerprint density at radius 3 is 2.68 bits per heavy atom. The number of halogens is 2. The fraction of sp³-hybridized carbons (Fsp3) is 0.333. The first-order chi connectivity index (χ1) is 8.96. The Morgan fingerprint density at radius 2 is 2.11 bits per heavy atom. The van der Waals surface area contributed by atoms with Gasteiger partial charge in [-0.3, -0.25) is 0 Å². The predicted molar refractivity (Wildman–Crippen MR) is 75.1 cm³/mol. The zero-order valence-electron chi connectivity index (χ0n) is 10.1. The smallest absolute Gasteiger partial charge is 0.304 e. The monoisotopic (exact) mass is 305 g/mol. The van der Waals surface area contributed by atoms with Crippen molar-refractivity contribution in [2.45, 2.75) is 0 Å². The molecule has 0 aliphatic carbocycles. The summed E-state index contributed by atoms with van der Waals surface area (Å²) in [6, 6.07) is 6.82. The van der Waals surface area contributed by atoms with Crippen LogP contribution in [0.25, 0.3) is 0 Å². The van der Waals surface area contributed by atoms with Crippen LogP contribution in [0, 0.1) is 12.3 Å². The second-order valence-electron chi connectivity index (χ2n) is 3.74. The number of terminal acetylenes is 1. The van der Waals surface area contributed by atoms with Crippen LogP contribution in [0.3, 0.4) is 0 Å². The molecule has 1 aromatic rings. The Balaban J connectivity index is 2.86. The van der Waals surface area contributed by atoms with E-state index in [1.165, 1.54) is 0 Å². The SMILES string of the molecule is C#Cc1cccc(N(CCSF)CCS(=O)(=O)F)c1. The molecule has 3 nitrogen and oxygen atoms in total. The van der Waals surface area contributed by atoms with Crippen LogP contribution in [-0.2, 0) is 10.2 Å². The van der Waals surface area contributed by atoms with Crippen molar-refractivity contribution in [3.05, 3.63) is 29.8 Å². The number of benzene rings is 1. The molecule has 0 saturated heterocycles. The summed E-state index contributed by atoms with van der Waals surface area (Å²) in [7, 11) is -4.55. The van der Waals surface area contributed by atoms with E-state index in [0.29, 0.717) is 11.3 Å². The molecule has 104 valence electrons. The van der Waals surface area contributed by atoms with Crippen molar-refractivity contribution in [2.24, 2.45) is 0 Å². The van der Waals surface area contributed by atoms with E-state index in [-0.39, 0.29) is 31.0 Å². The minimum atomic E-state index is -4.55. The Morgan fingerprint density at radius 1 is 1.37 bits per heavy atom. The number of rotatable bonds is 7. The molecule has 19 heavy (non-hydrogen) atoms. The maximum Gasteiger partial charge on any atom is 0.304 e. The summed E-state index contributed by atoms with van der Waals surface area (Å²) in [5.41, 5.74) is 1.27. The third-order valence-corrected chi connectivity index (χ3v) is 3.43. The minimum Gasteiger partial charge on any atom is -0.369 e. The summed E-state index contributed by atoms with van der Waals surface area (Å²) < 4.78 is 45.8. The van der Waals surface area contributed by atoms with Gasteiger partial charge in [-0.15, -0.1) is 10.3 Å². The second kappa shape index (κ2) is 7.36. The van der Waals surface area contributed by atoms with Crippen molar-refractivity contribution < 1.29 is 16.2 Å². The third-order valence-electron chi connectivity index (χ3n) is 2.42. The standard InChI is InChI=1S/C12H13F2NO2S2/c1-2-11-4-3-5-12(10-11)15(6-8-18-13)7-9-19(14,16)17/h1,3-5,10H,6-9H2. The lowest BCUT2D eigenvalue weighted by molar-refractivity contribution is 0.551. The van der Waals surface area contributed by atoms with Gasteiger partial charge in [0.2, 0.25) is 0 Å². The lowest BCUT2D eigenvalue weighted by atomic mass is 10.2. The van der Waals surface area contributed by atoms with Gasteiger partial charge in [-0.05, 0) is 18.2 Å². The molecule has 0 aliphatic heterocycles. The van der Waals surface area contributed by atoms with Crippen LogP contribution in [0.4, 0.5) is 13.5 Å². The van der Waals surface area contributed by atoms with Gasteiger partial charge in [0.1, 0.15) is 0 Å². The molecule has 0 unspecified atom stereocenters. The third kappa shape index (κ3) is 5.94. The van der Waals surface area contributed by atoms with Crippen molar-refractivity contribution >= 4 is 28.1 Å². The van der Waals surface area contributed by atoms with E-state index < -0.39 is 16.0 Å². The summed E-state index contributed by atoms with van der Waals surface area (Å²) in [5, 5.41) is 0. The molecule has 1 aromatic carbocycles. The maximum atomic E-state index is 12.6. The molecule has 0 fully saturated rings. The van der Waals surface area contributed by atoms with E-state index in [0.717, 1.165) is 0 Å². The Kier molecular flexibility index (Phi) is 6.12. The number of hydrogen-bond acceptors (Lipinski definition) is 4. The first-order valence-corrected chi connectivity index (χ1v) is 7.87. The van der Waals surface area contributed by atoms with Gasteiger partial charge in [0.05, 0.1) is 5.75 Å². The van der Waals surface area contributed by atoms with Gasteiger partial charge in [0.15, 0.2) is 0 Å². The van der Waals surface area contributed by atoms with Crippen LogP contribution in [-0.4, -0.2) is 33.0 Å². The van der Waals surface area contributed by atoms with Gasteiger partial charge in [0.25, 0.3) is 0 Å². The molecule has 0 atom stereocenters. The van der Waals surface area contributed by atoms with E-state index in [9.17, 15) is 16.2 Å². The zero-order chi connectivity index (χ0) is 14.3. The highest BCUT2D eigenvalue weighted by Crippen LogP contribution is 2.17. The van der Waals surface area contributed by atoms with Crippen LogP contribution < -0.4 is 4.90 Å². The minimum absolute atomic E-state index is 0.0482. The van der Waals surface area contributed by atoms with E-state index in [2.05, 4.69) is 5.92 Å². The maximum absolute atomic E-state index is 12.6. The fourth-order valence-electron chi connectivity index (χ4n) is 1.53. The number of hydrogen-bond donors (Lipinski definition) is 0. The average Bonchev–Trinajstić information content (AvgIpc) is 2.38. The Hall–Kier alpha value is -1.26. The van der Waals surface area contributed by atoms with Crippen LogP contribution in [0.1, 0.15) is 5.56 Å². The quantitative estimate of drug-likeness (QED) is 0.572. The topological polar surface area (TPSA) is 37.4 Å². The van der Waals surface area contributed by atoms with Crippen LogP contribution in [0.5, 0.6) is 0 Å². The molecule has 0 saturated carbocycles. The van der Waals surface area contributed by atoms with Crippen LogP contribution in [0.15, 0.2) is 24.3 Å². The number of nitrogens with zero attached hydrogens (tertiary/aromatic N) is 1. The summed E-state index contributed by atoms with van der Waals surface area (Å²) in [6.45, 7) is 0.220. The molecule has 0 aromatic heterocycles. The van der Waals surface area contributed by atoms with Crippen molar-refractivity contribution in [3.63, 3.8) is 0 Å². The first kappa shape index (κ1) is 15.8. The van der Waals surface area contributed by atoms with Crippen LogP contribution in [0.2, 0.25) is 0 Å². The summed E-state index contributed by atoms with van der Waals surface area (Å²) >= 11 is 0.143. The second-order valence-corrected chi connectivity index (χ2v) is 5.85. The van der Waals surface area contributed by atoms with E-state index >= 15 is 0 Å². The molecule has 0 bridgehead atoms.